The molecule has 1 aliphatic heterocycles. The molecule has 0 aromatic carbocycles. The van der Waals surface area contributed by atoms with Crippen molar-refractivity contribution in [1.29, 1.82) is 0 Å². The summed E-state index contributed by atoms with van der Waals surface area (Å²) in [7, 11) is 4.48. The normalized spacial score (nSPS) is 73.9. The minimum atomic E-state index is 0.946. The van der Waals surface area contributed by atoms with E-state index >= 15 is 0 Å². The Kier molecular flexibility index (Phi) is 0.641. The van der Waals surface area contributed by atoms with Crippen LogP contribution < -0.4 is 5.32 Å². The van der Waals surface area contributed by atoms with E-state index in [1.807, 2.05) is 0 Å². The molecule has 3 aliphatic carbocycles. The lowest BCUT2D eigenvalue weighted by molar-refractivity contribution is -0.352. The van der Waals surface area contributed by atoms with Crippen LogP contribution in [-0.4, -0.2) is 37.1 Å². The van der Waals surface area contributed by atoms with E-state index in [1.54, 1.807) is 0 Å². The molecule has 0 aromatic rings. The molecular formula is C9H14N2. The zero-order chi connectivity index (χ0) is 7.33. The molecule has 0 spiro atoms. The Bertz CT molecular complexity index is 209. The summed E-state index contributed by atoms with van der Waals surface area (Å²) in [6.07, 6.45) is 0. The molecule has 0 bridgehead atoms. The molecule has 4 rings (SSSR count). The lowest BCUT2D eigenvalue weighted by Gasteiger charge is -2.88. The molecule has 4 unspecified atom stereocenters. The molecule has 1 N–H and O–H groups in total. The fourth-order valence-corrected chi connectivity index (χ4v) is 4.40. The molecule has 3 saturated carbocycles. The minimum absolute atomic E-state index is 0.946. The van der Waals surface area contributed by atoms with E-state index in [0.717, 1.165) is 35.9 Å². The van der Waals surface area contributed by atoms with Gasteiger partial charge in [0.1, 0.15) is 0 Å². The van der Waals surface area contributed by atoms with E-state index in [4.69, 9.17) is 0 Å². The monoisotopic (exact) mass is 150 g/mol. The highest BCUT2D eigenvalue weighted by atomic mass is 15.3. The molecule has 2 nitrogen and oxygen atoms in total. The predicted molar refractivity (Wildman–Crippen MR) is 42.1 cm³/mol. The van der Waals surface area contributed by atoms with Crippen molar-refractivity contribution in [3.63, 3.8) is 0 Å². The summed E-state index contributed by atoms with van der Waals surface area (Å²) in [6, 6.07) is 2.84. The first kappa shape index (κ1) is 5.55. The van der Waals surface area contributed by atoms with Crippen LogP contribution >= 0.6 is 0 Å². The van der Waals surface area contributed by atoms with Crippen LogP contribution in [-0.2, 0) is 0 Å². The highest BCUT2D eigenvalue weighted by molar-refractivity contribution is 5.37. The average molecular weight is 150 g/mol. The molecule has 0 amide bonds. The first-order chi connectivity index (χ1) is 5.30. The number of fused-ring (bicyclic) bond motifs is 2. The van der Waals surface area contributed by atoms with E-state index in [0.29, 0.717) is 0 Å². The van der Waals surface area contributed by atoms with Crippen molar-refractivity contribution in [2.24, 2.45) is 23.7 Å². The van der Waals surface area contributed by atoms with Crippen LogP contribution in [0.1, 0.15) is 0 Å². The van der Waals surface area contributed by atoms with Crippen molar-refractivity contribution in [3.8, 4) is 0 Å². The minimum Gasteiger partial charge on any atom is -0.310 e. The second-order valence-electron chi connectivity index (χ2n) is 4.98. The van der Waals surface area contributed by atoms with E-state index < -0.39 is 0 Å². The maximum atomic E-state index is 3.67. The summed E-state index contributed by atoms with van der Waals surface area (Å²) in [6.45, 7) is 0. The quantitative estimate of drug-likeness (QED) is 0.555. The number of piperidine rings is 4. The first-order valence-corrected chi connectivity index (χ1v) is 4.73. The molecule has 2 heteroatoms. The maximum Gasteiger partial charge on any atom is 0.0181 e. The number of hydrogen-bond donors (Lipinski definition) is 1. The standard InChI is InChI=1S/C9H14N2/c1-11(2)9-5-3-4-7(5)10-8(4)6(3)9/h3-10H,1-2H3. The van der Waals surface area contributed by atoms with Crippen LogP contribution in [0.2, 0.25) is 0 Å². The zero-order valence-electron chi connectivity index (χ0n) is 6.99. The SMILES string of the molecule is CN(C)C1C2C3NC4C3C2C41. The summed E-state index contributed by atoms with van der Waals surface area (Å²) in [5.74, 6) is 4.40. The van der Waals surface area contributed by atoms with Crippen molar-refractivity contribution >= 4 is 0 Å². The van der Waals surface area contributed by atoms with Gasteiger partial charge in [-0.05, 0) is 37.8 Å². The van der Waals surface area contributed by atoms with Crippen molar-refractivity contribution in [3.05, 3.63) is 0 Å². The molecule has 4 atom stereocenters. The van der Waals surface area contributed by atoms with Crippen LogP contribution in [0.4, 0.5) is 0 Å². The molecule has 4 aliphatic rings. The number of hydrogen-bond acceptors (Lipinski definition) is 2. The number of nitrogens with one attached hydrogen (secondary N) is 1. The van der Waals surface area contributed by atoms with E-state index in [2.05, 4.69) is 24.3 Å². The Morgan fingerprint density at radius 2 is 1.55 bits per heavy atom. The van der Waals surface area contributed by atoms with Gasteiger partial charge in [-0.15, -0.1) is 0 Å². The van der Waals surface area contributed by atoms with Gasteiger partial charge in [0.2, 0.25) is 0 Å². The number of nitrogens with zero attached hydrogens (tertiary/aromatic N) is 1. The summed E-state index contributed by atoms with van der Waals surface area (Å²) < 4.78 is 0. The fraction of sp³-hybridized carbons (Fsp3) is 1.00. The summed E-state index contributed by atoms with van der Waals surface area (Å²) >= 11 is 0. The lowest BCUT2D eigenvalue weighted by atomic mass is 9.25. The molecule has 1 heterocycles. The van der Waals surface area contributed by atoms with Gasteiger partial charge in [0.05, 0.1) is 0 Å². The predicted octanol–water partition coefficient (Wildman–Crippen LogP) is -0.237. The third-order valence-electron chi connectivity index (χ3n) is 4.76. The van der Waals surface area contributed by atoms with Gasteiger partial charge >= 0.3 is 0 Å². The van der Waals surface area contributed by atoms with Gasteiger partial charge in [-0.25, -0.2) is 0 Å². The van der Waals surface area contributed by atoms with Gasteiger partial charge in [0, 0.05) is 18.1 Å². The summed E-state index contributed by atoms with van der Waals surface area (Å²) in [4.78, 5) is 2.45. The zero-order valence-corrected chi connectivity index (χ0v) is 6.99. The van der Waals surface area contributed by atoms with Crippen molar-refractivity contribution < 1.29 is 0 Å². The summed E-state index contributed by atoms with van der Waals surface area (Å²) in [5, 5.41) is 3.67. The van der Waals surface area contributed by atoms with Gasteiger partial charge in [-0.2, -0.15) is 0 Å². The lowest BCUT2D eigenvalue weighted by Crippen LogP contribution is -2.99. The largest absolute Gasteiger partial charge is 0.310 e. The van der Waals surface area contributed by atoms with Crippen LogP contribution in [0.15, 0.2) is 0 Å². The topological polar surface area (TPSA) is 15.3 Å². The first-order valence-electron chi connectivity index (χ1n) is 4.73. The molecule has 1 saturated heterocycles. The fourth-order valence-electron chi connectivity index (χ4n) is 4.40. The Hall–Kier alpha value is -0.0800. The third kappa shape index (κ3) is 0.323. The number of rotatable bonds is 1. The summed E-state index contributed by atoms with van der Waals surface area (Å²) in [5.41, 5.74) is 0. The highest BCUT2D eigenvalue weighted by Crippen LogP contribution is 2.75. The van der Waals surface area contributed by atoms with Crippen LogP contribution in [0, 0.1) is 23.7 Å². The Morgan fingerprint density at radius 3 is 1.82 bits per heavy atom. The van der Waals surface area contributed by atoms with E-state index in [-0.39, 0.29) is 0 Å². The molecule has 0 radical (unpaired) electrons. The molecule has 4 fully saturated rings. The van der Waals surface area contributed by atoms with Crippen molar-refractivity contribution in [2.75, 3.05) is 14.1 Å². The Balaban J connectivity index is 1.70. The second kappa shape index (κ2) is 1.27. The van der Waals surface area contributed by atoms with E-state index in [1.165, 1.54) is 5.92 Å². The van der Waals surface area contributed by atoms with Crippen molar-refractivity contribution in [2.45, 2.75) is 18.1 Å². The van der Waals surface area contributed by atoms with Gasteiger partial charge in [0.25, 0.3) is 0 Å². The van der Waals surface area contributed by atoms with Gasteiger partial charge in [-0.1, -0.05) is 0 Å². The Morgan fingerprint density at radius 1 is 0.909 bits per heavy atom. The van der Waals surface area contributed by atoms with Crippen molar-refractivity contribution in [1.82, 2.24) is 10.2 Å². The van der Waals surface area contributed by atoms with Gasteiger partial charge in [0.15, 0.2) is 0 Å². The van der Waals surface area contributed by atoms with E-state index in [9.17, 15) is 0 Å². The van der Waals surface area contributed by atoms with Gasteiger partial charge in [-0.3, -0.25) is 0 Å². The second-order valence-corrected chi connectivity index (χ2v) is 4.98. The van der Waals surface area contributed by atoms with Crippen LogP contribution in [0.5, 0.6) is 0 Å². The third-order valence-corrected chi connectivity index (χ3v) is 4.76. The highest BCUT2D eigenvalue weighted by Gasteiger charge is 2.83. The van der Waals surface area contributed by atoms with Crippen LogP contribution in [0.25, 0.3) is 0 Å². The maximum absolute atomic E-state index is 3.67. The van der Waals surface area contributed by atoms with Gasteiger partial charge < -0.3 is 10.2 Å². The molecule has 0 aromatic heterocycles. The molecular weight excluding hydrogens is 136 g/mol. The average Bonchev–Trinajstić information content (AvgIpc) is 1.98. The van der Waals surface area contributed by atoms with Crippen LogP contribution in [0.3, 0.4) is 0 Å². The Labute approximate surface area is 66.9 Å². The smallest absolute Gasteiger partial charge is 0.0181 e. The molecule has 11 heavy (non-hydrogen) atoms. The molecule has 60 valence electrons.